The van der Waals surface area contributed by atoms with E-state index >= 15 is 0 Å². The van der Waals surface area contributed by atoms with Crippen LogP contribution >= 0.6 is 0 Å². The molecular formula is C94H73N13O5. The van der Waals surface area contributed by atoms with Crippen LogP contribution in [0, 0.1) is 0 Å². The van der Waals surface area contributed by atoms with Crippen LogP contribution in [0.3, 0.4) is 0 Å². The molecule has 15 aromatic carbocycles. The monoisotopic (exact) mass is 1460 g/mol. The zero-order valence-corrected chi connectivity index (χ0v) is 61.3. The molecule has 112 heavy (non-hydrogen) atoms. The average molecular weight is 1460 g/mol. The number of phenols is 2. The fraction of sp³-hybridized carbons (Fsp3) is 0.0851. The number of carbonyl (C=O) groups is 2. The van der Waals surface area contributed by atoms with Crippen LogP contribution in [0.15, 0.2) is 310 Å². The quantitative estimate of drug-likeness (QED) is 0.0255. The summed E-state index contributed by atoms with van der Waals surface area (Å²) in [6, 6.07) is 90.7. The predicted molar refractivity (Wildman–Crippen MR) is 453 cm³/mol. The number of phenolic OH excluding ortho intramolecular Hbond substituents is 2. The number of para-hydroxylation sites is 6. The second-order valence-electron chi connectivity index (χ2n) is 27.8. The Morgan fingerprint density at radius 2 is 0.768 bits per heavy atom. The first-order chi connectivity index (χ1) is 55.0. The molecule has 0 atom stereocenters. The van der Waals surface area contributed by atoms with Crippen molar-refractivity contribution in [3.63, 3.8) is 0 Å². The van der Waals surface area contributed by atoms with E-state index in [0.717, 1.165) is 157 Å². The number of rotatable bonds is 21. The van der Waals surface area contributed by atoms with Crippen molar-refractivity contribution >= 4 is 178 Å². The summed E-state index contributed by atoms with van der Waals surface area (Å²) in [4.78, 5) is 47.2. The molecule has 0 fully saturated rings. The Labute approximate surface area is 642 Å². The molecular weight excluding hydrogens is 1390 g/mol. The minimum Gasteiger partial charge on any atom is -0.505 e. The van der Waals surface area contributed by atoms with Gasteiger partial charge in [-0.3, -0.25) is 19.9 Å². The van der Waals surface area contributed by atoms with E-state index < -0.39 is 0 Å². The number of benzene rings is 15. The number of amides is 2. The minimum absolute atomic E-state index is 0.0292. The van der Waals surface area contributed by atoms with Crippen LogP contribution in [-0.2, 0) is 41.9 Å². The number of hydrogen-bond acceptors (Lipinski definition) is 13. The van der Waals surface area contributed by atoms with E-state index in [0.29, 0.717) is 50.2 Å². The molecule has 3 heterocycles. The summed E-state index contributed by atoms with van der Waals surface area (Å²) in [5, 5.41) is 71.0. The first-order valence-corrected chi connectivity index (χ1v) is 37.4. The predicted octanol–water partition coefficient (Wildman–Crippen LogP) is 25.8. The van der Waals surface area contributed by atoms with Crippen molar-refractivity contribution in [2.75, 3.05) is 21.0 Å². The maximum absolute atomic E-state index is 14.3. The van der Waals surface area contributed by atoms with Gasteiger partial charge in [-0.15, -0.1) is 15.3 Å². The Morgan fingerprint density at radius 3 is 1.25 bits per heavy atom. The van der Waals surface area contributed by atoms with Crippen LogP contribution in [0.2, 0.25) is 0 Å². The van der Waals surface area contributed by atoms with E-state index in [1.165, 1.54) is 0 Å². The van der Waals surface area contributed by atoms with Crippen LogP contribution in [0.4, 0.5) is 68.2 Å². The highest BCUT2D eigenvalue weighted by Crippen LogP contribution is 2.48. The van der Waals surface area contributed by atoms with Crippen LogP contribution in [0.5, 0.6) is 11.5 Å². The van der Waals surface area contributed by atoms with Crippen molar-refractivity contribution in [2.45, 2.75) is 53.1 Å². The Morgan fingerprint density at radius 1 is 0.375 bits per heavy atom. The molecule has 2 amide bonds. The Balaban J connectivity index is 0.712. The summed E-state index contributed by atoms with van der Waals surface area (Å²) in [5.41, 5.74) is 20.1. The number of hydrogen-bond donors (Lipinski definition) is 8. The number of aromatic hydroxyl groups is 2. The van der Waals surface area contributed by atoms with Gasteiger partial charge in [0, 0.05) is 110 Å². The lowest BCUT2D eigenvalue weighted by Gasteiger charge is -2.25. The Kier molecular flexibility index (Phi) is 18.2. The average Bonchev–Trinajstić information content (AvgIpc) is 1.57. The molecule has 544 valence electrons. The first-order valence-electron chi connectivity index (χ1n) is 37.4. The molecule has 18 nitrogen and oxygen atoms in total. The van der Waals surface area contributed by atoms with Crippen molar-refractivity contribution < 1.29 is 24.6 Å². The number of nitrogens with zero attached hydrogens (tertiary/aromatic N) is 7. The van der Waals surface area contributed by atoms with Gasteiger partial charge in [0.25, 0.3) is 5.91 Å². The van der Waals surface area contributed by atoms with Gasteiger partial charge in [0.05, 0.1) is 51.4 Å². The molecule has 0 saturated carbocycles. The molecule has 0 radical (unpaired) electrons. The van der Waals surface area contributed by atoms with Crippen molar-refractivity contribution in [2.24, 2.45) is 30.7 Å². The van der Waals surface area contributed by atoms with E-state index in [4.69, 9.17) is 35.5 Å². The summed E-state index contributed by atoms with van der Waals surface area (Å²) in [6.07, 6.45) is 2.18. The molecule has 0 aliphatic heterocycles. The smallest absolute Gasteiger partial charge is 0.255 e. The van der Waals surface area contributed by atoms with E-state index in [9.17, 15) is 19.8 Å². The van der Waals surface area contributed by atoms with E-state index in [1.807, 2.05) is 231 Å². The van der Waals surface area contributed by atoms with Gasteiger partial charge in [-0.05, 0) is 186 Å². The Hall–Kier alpha value is -14.6. The number of aryl methyl sites for hydroxylation is 3. The summed E-state index contributed by atoms with van der Waals surface area (Å²) in [7, 11) is 0. The van der Waals surface area contributed by atoms with Crippen molar-refractivity contribution in [1.29, 1.82) is 0 Å². The van der Waals surface area contributed by atoms with Gasteiger partial charge >= 0.3 is 0 Å². The van der Waals surface area contributed by atoms with Gasteiger partial charge in [0.15, 0.2) is 0 Å². The second-order valence-corrected chi connectivity index (χ2v) is 27.8. The van der Waals surface area contributed by atoms with Crippen LogP contribution in [-0.4, -0.2) is 37.0 Å². The van der Waals surface area contributed by atoms with Gasteiger partial charge in [-0.1, -0.05) is 166 Å². The third kappa shape index (κ3) is 13.0. The SMILES string of the molecule is CCc1ccccc1NOCc1cc2ccc3c4ccccc4[nH]c3c2c(N=Nc2ccc(N(c3ccc(N=Nc4cc(C(=O)Nc5ccccc5CC)cc5ccc6c7ccccc7[nH]c6c45)cc3)c3ccc(N=Nc4c(O)c(CC(=O)Nc5ccccc5CC)cc5ccc6c7ccccc7[nH]c6c45)cc3)cc2)c1O. The molecule has 8 N–H and O–H groups in total. The minimum atomic E-state index is -0.283. The number of anilines is 6. The standard InChI is InChI=1S/C94H73N13O5/c1-4-55-19-7-13-25-76(55)95-83(108)53-61-49-59-32-47-74-71-23-11-17-29-80(71)97-88(74)85(59)90(92(61)109)104-101-65-36-42-68(43-37-65)107(67-40-34-64(35-41-67)100-103-82-52-62(94(111)99-77-26-14-8-20-56(77)5-2)50-58-31-46-73-70-22-10-16-28-79(70)96-87(73)84(58)82)69-44-38-66(39-45-69)102-105-91-86-60(33-48-75-72-24-12-18-30-81(72)98-89(75)86)51-63(93(91)110)54-112-106-78-27-15-9-21-57(78)6-3/h7-52,96-98,106,109-110H,4-6,53-54H2,1-3H3,(H,95,108)(H,99,111). The van der Waals surface area contributed by atoms with E-state index in [-0.39, 0.29) is 47.7 Å². The first kappa shape index (κ1) is 69.1. The summed E-state index contributed by atoms with van der Waals surface area (Å²) >= 11 is 0. The molecule has 18 heteroatoms. The van der Waals surface area contributed by atoms with Gasteiger partial charge in [0.2, 0.25) is 5.91 Å². The molecule has 18 rings (SSSR count). The van der Waals surface area contributed by atoms with Gasteiger partial charge in [0.1, 0.15) is 29.5 Å². The highest BCUT2D eigenvalue weighted by Gasteiger charge is 2.24. The van der Waals surface area contributed by atoms with Gasteiger partial charge in [-0.2, -0.15) is 15.3 Å². The van der Waals surface area contributed by atoms with Gasteiger partial charge < -0.3 is 40.7 Å². The molecule has 0 saturated heterocycles. The van der Waals surface area contributed by atoms with Crippen LogP contribution < -0.4 is 21.0 Å². The number of carbonyl (C=O) groups excluding carboxylic acids is 2. The lowest BCUT2D eigenvalue weighted by Crippen LogP contribution is -2.15. The number of aromatic amines is 3. The normalized spacial score (nSPS) is 12.0. The zero-order valence-electron chi connectivity index (χ0n) is 61.3. The number of fused-ring (bicyclic) bond motifs is 15. The van der Waals surface area contributed by atoms with Crippen LogP contribution in [0.25, 0.3) is 97.7 Å². The summed E-state index contributed by atoms with van der Waals surface area (Å²) < 4.78 is 0. The van der Waals surface area contributed by atoms with Crippen molar-refractivity contribution in [3.8, 4) is 11.5 Å². The summed E-state index contributed by atoms with van der Waals surface area (Å²) in [5.74, 6) is -0.766. The molecule has 0 aliphatic carbocycles. The van der Waals surface area contributed by atoms with E-state index in [2.05, 4.69) is 98.3 Å². The fourth-order valence-corrected chi connectivity index (χ4v) is 15.4. The maximum Gasteiger partial charge on any atom is 0.255 e. The largest absolute Gasteiger partial charge is 0.505 e. The zero-order chi connectivity index (χ0) is 75.9. The molecule has 18 aromatic rings. The van der Waals surface area contributed by atoms with E-state index in [1.54, 1.807) is 6.07 Å². The van der Waals surface area contributed by atoms with Crippen molar-refractivity contribution in [3.05, 3.63) is 312 Å². The highest BCUT2D eigenvalue weighted by atomic mass is 16.6. The number of H-pyrrole nitrogens is 3. The lowest BCUT2D eigenvalue weighted by molar-refractivity contribution is -0.115. The third-order valence-corrected chi connectivity index (χ3v) is 21.1. The Bertz CT molecular complexity index is 6860. The fourth-order valence-electron chi connectivity index (χ4n) is 15.4. The number of nitrogens with one attached hydrogen (secondary N) is 6. The third-order valence-electron chi connectivity index (χ3n) is 21.1. The lowest BCUT2D eigenvalue weighted by atomic mass is 9.98. The highest BCUT2D eigenvalue weighted by molar-refractivity contribution is 6.24. The van der Waals surface area contributed by atoms with Crippen molar-refractivity contribution in [1.82, 2.24) is 15.0 Å². The maximum atomic E-state index is 14.3. The molecule has 0 unspecified atom stereocenters. The summed E-state index contributed by atoms with van der Waals surface area (Å²) in [6.45, 7) is 6.23. The molecule has 3 aromatic heterocycles. The van der Waals surface area contributed by atoms with Crippen LogP contribution in [0.1, 0.15) is 58.9 Å². The van der Waals surface area contributed by atoms with Gasteiger partial charge in [-0.25, -0.2) is 0 Å². The second kappa shape index (κ2) is 29.5. The molecule has 0 aliphatic rings. The molecule has 0 bridgehead atoms. The topological polar surface area (TPSA) is 245 Å². The molecule has 0 spiro atoms. The number of aromatic nitrogens is 3. The number of azo groups is 3.